The number of aryl methyl sites for hydroxylation is 1. The molecular weight excluding hydrogens is 354 g/mol. The van der Waals surface area contributed by atoms with Crippen LogP contribution in [0, 0.1) is 6.92 Å². The Hall–Kier alpha value is -2.83. The maximum atomic E-state index is 12.9. The number of halogens is 2. The van der Waals surface area contributed by atoms with E-state index in [2.05, 4.69) is 15.7 Å². The smallest absolute Gasteiger partial charge is 0.387 e. The highest BCUT2D eigenvalue weighted by atomic mass is 19.3. The second kappa shape index (κ2) is 8.24. The van der Waals surface area contributed by atoms with Gasteiger partial charge < -0.3 is 19.3 Å². The number of nitrogens with zero attached hydrogens (tertiary/aromatic N) is 2. The van der Waals surface area contributed by atoms with E-state index in [4.69, 9.17) is 4.74 Å². The molecule has 0 radical (unpaired) electrons. The molecule has 1 aliphatic heterocycles. The standard InChI is InChI=1S/C20H22F2N2O3/c1-14-5-3-6-15(13-14)23-9-11-24(12-10-23)19(25)16-7-4-8-17(26-2)18(16)27-20(21)22/h3-8,13,20H,9-12H2,1-2H3. The molecule has 5 nitrogen and oxygen atoms in total. The first-order valence-corrected chi connectivity index (χ1v) is 8.72. The quantitative estimate of drug-likeness (QED) is 0.800. The van der Waals surface area contributed by atoms with Gasteiger partial charge in [-0.05, 0) is 36.8 Å². The minimum Gasteiger partial charge on any atom is -0.493 e. The van der Waals surface area contributed by atoms with E-state index in [1.165, 1.54) is 24.8 Å². The summed E-state index contributed by atoms with van der Waals surface area (Å²) in [6.45, 7) is 1.34. The summed E-state index contributed by atoms with van der Waals surface area (Å²) in [4.78, 5) is 16.8. The highest BCUT2D eigenvalue weighted by molar-refractivity contribution is 5.98. The molecule has 1 heterocycles. The summed E-state index contributed by atoms with van der Waals surface area (Å²) in [6.07, 6.45) is 0. The number of carbonyl (C=O) groups excluding carboxylic acids is 1. The molecular formula is C20H22F2N2O3. The van der Waals surface area contributed by atoms with Gasteiger partial charge in [0, 0.05) is 31.9 Å². The van der Waals surface area contributed by atoms with Gasteiger partial charge in [0.1, 0.15) is 0 Å². The molecule has 2 aromatic carbocycles. The monoisotopic (exact) mass is 376 g/mol. The normalized spacial score (nSPS) is 14.4. The van der Waals surface area contributed by atoms with Gasteiger partial charge in [0.2, 0.25) is 0 Å². The Balaban J connectivity index is 1.74. The zero-order valence-corrected chi connectivity index (χ0v) is 15.3. The first-order valence-electron chi connectivity index (χ1n) is 8.72. The first-order chi connectivity index (χ1) is 13.0. The molecule has 1 amide bonds. The molecule has 27 heavy (non-hydrogen) atoms. The van der Waals surface area contributed by atoms with Gasteiger partial charge in [-0.15, -0.1) is 0 Å². The van der Waals surface area contributed by atoms with E-state index in [-0.39, 0.29) is 23.0 Å². The van der Waals surface area contributed by atoms with Crippen molar-refractivity contribution in [3.63, 3.8) is 0 Å². The van der Waals surface area contributed by atoms with Gasteiger partial charge in [-0.25, -0.2) is 0 Å². The van der Waals surface area contributed by atoms with E-state index in [1.807, 2.05) is 25.1 Å². The summed E-state index contributed by atoms with van der Waals surface area (Å²) >= 11 is 0. The average molecular weight is 376 g/mol. The average Bonchev–Trinajstić information content (AvgIpc) is 2.67. The summed E-state index contributed by atoms with van der Waals surface area (Å²) in [7, 11) is 1.35. The van der Waals surface area contributed by atoms with Crippen molar-refractivity contribution in [1.29, 1.82) is 0 Å². The predicted octanol–water partition coefficient (Wildman–Crippen LogP) is 3.57. The number of methoxy groups -OCH3 is 1. The van der Waals surface area contributed by atoms with E-state index in [0.29, 0.717) is 26.2 Å². The van der Waals surface area contributed by atoms with Crippen molar-refractivity contribution in [3.05, 3.63) is 53.6 Å². The number of anilines is 1. The first kappa shape index (κ1) is 18.9. The van der Waals surface area contributed by atoms with Crippen LogP contribution in [0.2, 0.25) is 0 Å². The van der Waals surface area contributed by atoms with Crippen molar-refractivity contribution < 1.29 is 23.0 Å². The fourth-order valence-corrected chi connectivity index (χ4v) is 3.22. The third kappa shape index (κ3) is 4.30. The van der Waals surface area contributed by atoms with Crippen LogP contribution in [0.1, 0.15) is 15.9 Å². The molecule has 2 aromatic rings. The van der Waals surface area contributed by atoms with Crippen LogP contribution in [-0.4, -0.2) is 50.7 Å². The highest BCUT2D eigenvalue weighted by Gasteiger charge is 2.27. The van der Waals surface area contributed by atoms with E-state index in [1.54, 1.807) is 11.0 Å². The predicted molar refractivity (Wildman–Crippen MR) is 98.9 cm³/mol. The van der Waals surface area contributed by atoms with Crippen molar-refractivity contribution in [2.45, 2.75) is 13.5 Å². The Kier molecular flexibility index (Phi) is 5.78. The number of piperazine rings is 1. The van der Waals surface area contributed by atoms with Crippen LogP contribution in [0.25, 0.3) is 0 Å². The Morgan fingerprint density at radius 2 is 1.78 bits per heavy atom. The summed E-state index contributed by atoms with van der Waals surface area (Å²) in [5, 5.41) is 0. The van der Waals surface area contributed by atoms with Gasteiger partial charge in [-0.1, -0.05) is 18.2 Å². The van der Waals surface area contributed by atoms with E-state index in [0.717, 1.165) is 5.69 Å². The van der Waals surface area contributed by atoms with Gasteiger partial charge in [0.25, 0.3) is 5.91 Å². The van der Waals surface area contributed by atoms with Crippen LogP contribution in [-0.2, 0) is 0 Å². The number of rotatable bonds is 5. The van der Waals surface area contributed by atoms with Crippen LogP contribution < -0.4 is 14.4 Å². The number of hydrogen-bond donors (Lipinski definition) is 0. The summed E-state index contributed by atoms with van der Waals surface area (Å²) in [5.74, 6) is -0.450. The third-order valence-corrected chi connectivity index (χ3v) is 4.57. The molecule has 0 aliphatic carbocycles. The van der Waals surface area contributed by atoms with Gasteiger partial charge in [0.05, 0.1) is 12.7 Å². The van der Waals surface area contributed by atoms with Crippen LogP contribution in [0.5, 0.6) is 11.5 Å². The molecule has 3 rings (SSSR count). The number of amides is 1. The molecule has 0 bridgehead atoms. The Bertz CT molecular complexity index is 806. The fourth-order valence-electron chi connectivity index (χ4n) is 3.22. The Labute approximate surface area is 157 Å². The summed E-state index contributed by atoms with van der Waals surface area (Å²) in [5.41, 5.74) is 2.38. The molecule has 7 heteroatoms. The van der Waals surface area contributed by atoms with Gasteiger partial charge >= 0.3 is 6.61 Å². The molecule has 0 unspecified atom stereocenters. The molecule has 144 valence electrons. The van der Waals surface area contributed by atoms with Gasteiger partial charge in [0.15, 0.2) is 11.5 Å². The van der Waals surface area contributed by atoms with Crippen molar-refractivity contribution in [2.24, 2.45) is 0 Å². The molecule has 1 saturated heterocycles. The molecule has 0 aromatic heterocycles. The van der Waals surface area contributed by atoms with E-state index < -0.39 is 6.61 Å². The van der Waals surface area contributed by atoms with Gasteiger partial charge in [-0.2, -0.15) is 8.78 Å². The molecule has 1 aliphatic rings. The SMILES string of the molecule is COc1cccc(C(=O)N2CCN(c3cccc(C)c3)CC2)c1OC(F)F. The molecule has 0 saturated carbocycles. The minimum atomic E-state index is -3.04. The fraction of sp³-hybridized carbons (Fsp3) is 0.350. The number of carbonyl (C=O) groups is 1. The van der Waals surface area contributed by atoms with Crippen molar-refractivity contribution in [3.8, 4) is 11.5 Å². The van der Waals surface area contributed by atoms with Crippen molar-refractivity contribution in [2.75, 3.05) is 38.2 Å². The largest absolute Gasteiger partial charge is 0.493 e. The van der Waals surface area contributed by atoms with E-state index >= 15 is 0 Å². The minimum absolute atomic E-state index is 0.0821. The summed E-state index contributed by atoms with van der Waals surface area (Å²) < 4.78 is 35.2. The lowest BCUT2D eigenvalue weighted by Gasteiger charge is -2.36. The molecule has 0 N–H and O–H groups in total. The zero-order valence-electron chi connectivity index (χ0n) is 15.3. The lowest BCUT2D eigenvalue weighted by Crippen LogP contribution is -2.48. The number of ether oxygens (including phenoxy) is 2. The summed E-state index contributed by atoms with van der Waals surface area (Å²) in [6, 6.07) is 12.8. The Morgan fingerprint density at radius 1 is 1.07 bits per heavy atom. The topological polar surface area (TPSA) is 42.0 Å². The number of hydrogen-bond acceptors (Lipinski definition) is 4. The number of benzene rings is 2. The van der Waals surface area contributed by atoms with Crippen LogP contribution in [0.4, 0.5) is 14.5 Å². The molecule has 0 atom stereocenters. The number of para-hydroxylation sites is 1. The van der Waals surface area contributed by atoms with E-state index in [9.17, 15) is 13.6 Å². The van der Waals surface area contributed by atoms with Crippen LogP contribution in [0.3, 0.4) is 0 Å². The Morgan fingerprint density at radius 3 is 2.41 bits per heavy atom. The second-order valence-electron chi connectivity index (χ2n) is 6.33. The zero-order chi connectivity index (χ0) is 19.4. The maximum absolute atomic E-state index is 12.9. The van der Waals surface area contributed by atoms with Crippen molar-refractivity contribution >= 4 is 11.6 Å². The lowest BCUT2D eigenvalue weighted by atomic mass is 10.1. The van der Waals surface area contributed by atoms with Crippen LogP contribution in [0.15, 0.2) is 42.5 Å². The molecule has 0 spiro atoms. The highest BCUT2D eigenvalue weighted by Crippen LogP contribution is 2.33. The maximum Gasteiger partial charge on any atom is 0.387 e. The van der Waals surface area contributed by atoms with Crippen molar-refractivity contribution in [1.82, 2.24) is 4.90 Å². The number of alkyl halides is 2. The second-order valence-corrected chi connectivity index (χ2v) is 6.33. The molecule has 1 fully saturated rings. The van der Waals surface area contributed by atoms with Gasteiger partial charge in [-0.3, -0.25) is 4.79 Å². The lowest BCUT2D eigenvalue weighted by molar-refractivity contribution is -0.0516. The third-order valence-electron chi connectivity index (χ3n) is 4.57. The van der Waals surface area contributed by atoms with Crippen LogP contribution >= 0.6 is 0 Å².